The summed E-state index contributed by atoms with van der Waals surface area (Å²) >= 11 is 1.58. The molecule has 0 fully saturated rings. The number of anilines is 1. The monoisotopic (exact) mass is 280 g/mol. The molecule has 2 rings (SSSR count). The van der Waals surface area contributed by atoms with Gasteiger partial charge in [0.05, 0.1) is 23.9 Å². The maximum Gasteiger partial charge on any atom is 0.131 e. The molecule has 0 radical (unpaired) electrons. The molecule has 0 aliphatic rings. The number of rotatable bonds is 4. The molecule has 0 saturated heterocycles. The number of aromatic nitrogens is 1. The molecule has 5 heteroatoms. The Hall–Kier alpha value is -1.46. The zero-order valence-electron chi connectivity index (χ0n) is 11.2. The fourth-order valence-corrected chi connectivity index (χ4v) is 2.88. The molecular formula is C14H17FN2OS. The van der Waals surface area contributed by atoms with Gasteiger partial charge >= 0.3 is 0 Å². The Morgan fingerprint density at radius 2 is 2.21 bits per heavy atom. The van der Waals surface area contributed by atoms with Gasteiger partial charge in [-0.05, 0) is 26.0 Å². The molecule has 0 unspecified atom stereocenters. The molecule has 1 aromatic carbocycles. The molecule has 0 saturated carbocycles. The first-order valence-electron chi connectivity index (χ1n) is 6.07. The topological polar surface area (TPSA) is 36.4 Å². The van der Waals surface area contributed by atoms with Gasteiger partial charge in [-0.1, -0.05) is 6.07 Å². The predicted molar refractivity (Wildman–Crippen MR) is 76.0 cm³/mol. The van der Waals surface area contributed by atoms with Crippen LogP contribution in [0.3, 0.4) is 0 Å². The summed E-state index contributed by atoms with van der Waals surface area (Å²) in [7, 11) is 1.89. The second kappa shape index (κ2) is 5.67. The van der Waals surface area contributed by atoms with E-state index in [-0.39, 0.29) is 5.82 Å². The summed E-state index contributed by atoms with van der Waals surface area (Å²) in [5, 5.41) is 9.74. The average Bonchev–Trinajstić information content (AvgIpc) is 2.74. The van der Waals surface area contributed by atoms with Crippen molar-refractivity contribution in [2.45, 2.75) is 26.5 Å². The van der Waals surface area contributed by atoms with Crippen molar-refractivity contribution in [1.29, 1.82) is 0 Å². The van der Waals surface area contributed by atoms with Gasteiger partial charge in [0.2, 0.25) is 0 Å². The molecule has 0 aliphatic carbocycles. The van der Waals surface area contributed by atoms with E-state index in [4.69, 9.17) is 0 Å². The Bertz CT molecular complexity index is 568. The van der Waals surface area contributed by atoms with E-state index in [1.807, 2.05) is 24.9 Å². The van der Waals surface area contributed by atoms with Crippen LogP contribution >= 0.6 is 11.3 Å². The van der Waals surface area contributed by atoms with Gasteiger partial charge in [0.25, 0.3) is 0 Å². The number of aryl methyl sites for hydroxylation is 1. The van der Waals surface area contributed by atoms with Crippen molar-refractivity contribution >= 4 is 17.0 Å². The van der Waals surface area contributed by atoms with E-state index in [9.17, 15) is 9.50 Å². The van der Waals surface area contributed by atoms with Gasteiger partial charge in [0.1, 0.15) is 5.82 Å². The number of benzene rings is 1. The van der Waals surface area contributed by atoms with Crippen LogP contribution in [-0.4, -0.2) is 17.1 Å². The van der Waals surface area contributed by atoms with Crippen molar-refractivity contribution in [1.82, 2.24) is 4.98 Å². The molecule has 0 amide bonds. The first-order valence-corrected chi connectivity index (χ1v) is 6.95. The highest BCUT2D eigenvalue weighted by atomic mass is 32.1. The fourth-order valence-electron chi connectivity index (χ4n) is 2.05. The molecular weight excluding hydrogens is 263 g/mol. The highest BCUT2D eigenvalue weighted by Gasteiger charge is 2.17. The van der Waals surface area contributed by atoms with E-state index >= 15 is 0 Å². The summed E-state index contributed by atoms with van der Waals surface area (Å²) in [6.45, 7) is 4.19. The zero-order valence-corrected chi connectivity index (χ0v) is 12.0. The van der Waals surface area contributed by atoms with Crippen LogP contribution in [0.15, 0.2) is 23.7 Å². The normalized spacial score (nSPS) is 12.5. The molecule has 1 aromatic heterocycles. The van der Waals surface area contributed by atoms with Crippen LogP contribution in [0, 0.1) is 12.7 Å². The first kappa shape index (κ1) is 14.0. The number of aliphatic hydroxyl groups is 1. The third-order valence-corrected chi connectivity index (χ3v) is 4.00. The SMILES string of the molecule is Cc1ncsc1CN(C)c1cccc(F)c1[C@H](C)O. The minimum atomic E-state index is -0.832. The van der Waals surface area contributed by atoms with Crippen molar-refractivity contribution < 1.29 is 9.50 Å². The molecule has 1 atom stereocenters. The van der Waals surface area contributed by atoms with Crippen LogP contribution in [0.4, 0.5) is 10.1 Å². The third-order valence-electron chi connectivity index (χ3n) is 3.08. The third kappa shape index (κ3) is 2.93. The van der Waals surface area contributed by atoms with Gasteiger partial charge in [-0.2, -0.15) is 0 Å². The molecule has 3 nitrogen and oxygen atoms in total. The van der Waals surface area contributed by atoms with Crippen molar-refractivity contribution in [3.8, 4) is 0 Å². The van der Waals surface area contributed by atoms with E-state index in [0.717, 1.165) is 10.6 Å². The van der Waals surface area contributed by atoms with Crippen molar-refractivity contribution in [2.75, 3.05) is 11.9 Å². The van der Waals surface area contributed by atoms with Gasteiger partial charge < -0.3 is 10.0 Å². The largest absolute Gasteiger partial charge is 0.389 e. The molecule has 0 spiro atoms. The summed E-state index contributed by atoms with van der Waals surface area (Å²) in [6, 6.07) is 4.85. The molecule has 19 heavy (non-hydrogen) atoms. The molecule has 0 aliphatic heterocycles. The quantitative estimate of drug-likeness (QED) is 0.933. The summed E-state index contributed by atoms with van der Waals surface area (Å²) in [5.74, 6) is -0.375. The van der Waals surface area contributed by atoms with Crippen molar-refractivity contribution in [2.24, 2.45) is 0 Å². The van der Waals surface area contributed by atoms with Gasteiger partial charge in [0.15, 0.2) is 0 Å². The Labute approximate surface area is 116 Å². The van der Waals surface area contributed by atoms with Gasteiger partial charge in [0, 0.05) is 23.2 Å². The maximum absolute atomic E-state index is 13.8. The lowest BCUT2D eigenvalue weighted by molar-refractivity contribution is 0.194. The summed E-state index contributed by atoms with van der Waals surface area (Å²) in [4.78, 5) is 7.28. The van der Waals surface area contributed by atoms with Crippen molar-refractivity contribution in [3.05, 3.63) is 45.7 Å². The molecule has 102 valence electrons. The van der Waals surface area contributed by atoms with E-state index < -0.39 is 6.10 Å². The summed E-state index contributed by atoms with van der Waals surface area (Å²) in [5.41, 5.74) is 3.85. The lowest BCUT2D eigenvalue weighted by atomic mass is 10.1. The number of aliphatic hydroxyl groups excluding tert-OH is 1. The van der Waals surface area contributed by atoms with E-state index in [1.54, 1.807) is 29.8 Å². The summed E-state index contributed by atoms with van der Waals surface area (Å²) in [6.07, 6.45) is -0.832. The molecule has 2 aromatic rings. The Balaban J connectivity index is 2.31. The fraction of sp³-hybridized carbons (Fsp3) is 0.357. The smallest absolute Gasteiger partial charge is 0.131 e. The minimum absolute atomic E-state index is 0.340. The van der Waals surface area contributed by atoms with Crippen LogP contribution < -0.4 is 4.90 Å². The molecule has 0 bridgehead atoms. The van der Waals surface area contributed by atoms with Crippen LogP contribution in [-0.2, 0) is 6.54 Å². The van der Waals surface area contributed by atoms with Gasteiger partial charge in [-0.25, -0.2) is 9.37 Å². The lowest BCUT2D eigenvalue weighted by Gasteiger charge is -2.23. The number of nitrogens with zero attached hydrogens (tertiary/aromatic N) is 2. The second-order valence-electron chi connectivity index (χ2n) is 4.57. The first-order chi connectivity index (χ1) is 9.00. The lowest BCUT2D eigenvalue weighted by Crippen LogP contribution is -2.19. The standard InChI is InChI=1S/C14H17FN2OS/c1-9-13(19-8-16-9)7-17(3)12-6-4-5-11(15)14(12)10(2)18/h4-6,8,10,18H,7H2,1-3H3/t10-/m0/s1. The number of hydrogen-bond donors (Lipinski definition) is 1. The van der Waals surface area contributed by atoms with Gasteiger partial charge in [-0.3, -0.25) is 0 Å². The van der Waals surface area contributed by atoms with Gasteiger partial charge in [-0.15, -0.1) is 11.3 Å². The maximum atomic E-state index is 13.8. The zero-order chi connectivity index (χ0) is 14.0. The second-order valence-corrected chi connectivity index (χ2v) is 5.50. The number of halogens is 1. The van der Waals surface area contributed by atoms with E-state index in [0.29, 0.717) is 17.8 Å². The highest BCUT2D eigenvalue weighted by molar-refractivity contribution is 7.09. The average molecular weight is 280 g/mol. The van der Waals surface area contributed by atoms with E-state index in [1.165, 1.54) is 6.07 Å². The summed E-state index contributed by atoms with van der Waals surface area (Å²) < 4.78 is 13.8. The minimum Gasteiger partial charge on any atom is -0.389 e. The predicted octanol–water partition coefficient (Wildman–Crippen LogP) is 3.28. The van der Waals surface area contributed by atoms with Crippen LogP contribution in [0.5, 0.6) is 0 Å². The highest BCUT2D eigenvalue weighted by Crippen LogP contribution is 2.29. The van der Waals surface area contributed by atoms with Crippen molar-refractivity contribution in [3.63, 3.8) is 0 Å². The number of hydrogen-bond acceptors (Lipinski definition) is 4. The van der Waals surface area contributed by atoms with Crippen LogP contribution in [0.2, 0.25) is 0 Å². The van der Waals surface area contributed by atoms with Crippen LogP contribution in [0.1, 0.15) is 29.2 Å². The molecule has 1 heterocycles. The number of thiazole rings is 1. The van der Waals surface area contributed by atoms with Crippen LogP contribution in [0.25, 0.3) is 0 Å². The Kier molecular flexibility index (Phi) is 4.17. The molecule has 1 N–H and O–H groups in total. The van der Waals surface area contributed by atoms with E-state index in [2.05, 4.69) is 4.98 Å². The Morgan fingerprint density at radius 1 is 1.47 bits per heavy atom. The Morgan fingerprint density at radius 3 is 2.79 bits per heavy atom.